The maximum absolute atomic E-state index is 11.7. The summed E-state index contributed by atoms with van der Waals surface area (Å²) in [6, 6.07) is 2.11. The molecule has 6 heteroatoms. The van der Waals surface area contributed by atoms with Crippen molar-refractivity contribution in [1.82, 2.24) is 9.97 Å². The molecule has 126 valence electrons. The van der Waals surface area contributed by atoms with Gasteiger partial charge in [-0.2, -0.15) is 0 Å². The van der Waals surface area contributed by atoms with E-state index in [1.54, 1.807) is 6.20 Å². The lowest BCUT2D eigenvalue weighted by atomic mass is 9.52. The highest BCUT2D eigenvalue weighted by Crippen LogP contribution is 2.56. The Morgan fingerprint density at radius 3 is 2.71 bits per heavy atom. The smallest absolute Gasteiger partial charge is 0.339 e. The zero-order valence-corrected chi connectivity index (χ0v) is 13.3. The molecule has 6 nitrogen and oxygen atoms in total. The molecule has 1 unspecified atom stereocenters. The Kier molecular flexibility index (Phi) is 2.81. The summed E-state index contributed by atoms with van der Waals surface area (Å²) >= 11 is 0. The third kappa shape index (κ3) is 1.99. The minimum absolute atomic E-state index is 0.217. The number of aromatic amines is 1. The van der Waals surface area contributed by atoms with Crippen LogP contribution in [0.3, 0.4) is 0 Å². The number of hydrogen-bond acceptors (Lipinski definition) is 4. The van der Waals surface area contributed by atoms with E-state index in [4.69, 9.17) is 0 Å². The van der Waals surface area contributed by atoms with E-state index < -0.39 is 11.6 Å². The van der Waals surface area contributed by atoms with Crippen LogP contribution in [0.2, 0.25) is 0 Å². The highest BCUT2D eigenvalue weighted by Gasteiger charge is 2.54. The summed E-state index contributed by atoms with van der Waals surface area (Å²) in [6.07, 6.45) is 8.11. The number of rotatable bonds is 3. The third-order valence-electron chi connectivity index (χ3n) is 6.37. The normalized spacial score (nSPS) is 37.0. The van der Waals surface area contributed by atoms with Gasteiger partial charge in [0.1, 0.15) is 11.2 Å². The predicted molar refractivity (Wildman–Crippen MR) is 89.0 cm³/mol. The van der Waals surface area contributed by atoms with Gasteiger partial charge < -0.3 is 20.5 Å². The Hall–Kier alpha value is -2.08. The molecule has 0 aromatic carbocycles. The first-order chi connectivity index (χ1) is 11.5. The average molecular weight is 327 g/mol. The number of fused-ring (bicyclic) bond motifs is 1. The molecule has 4 bridgehead atoms. The van der Waals surface area contributed by atoms with Crippen LogP contribution in [-0.2, 0) is 0 Å². The van der Waals surface area contributed by atoms with Gasteiger partial charge in [-0.25, -0.2) is 9.78 Å². The van der Waals surface area contributed by atoms with Crippen LogP contribution in [0, 0.1) is 17.8 Å². The van der Waals surface area contributed by atoms with E-state index in [9.17, 15) is 15.0 Å². The number of aromatic carboxylic acids is 1. The summed E-state index contributed by atoms with van der Waals surface area (Å²) < 4.78 is 0. The van der Waals surface area contributed by atoms with Crippen molar-refractivity contribution in [3.63, 3.8) is 0 Å². The van der Waals surface area contributed by atoms with Crippen molar-refractivity contribution < 1.29 is 15.0 Å². The molecular weight excluding hydrogens is 306 g/mol. The number of nitrogens with one attached hydrogen (secondary N) is 2. The minimum atomic E-state index is -0.962. The Balaban J connectivity index is 1.54. The highest BCUT2D eigenvalue weighted by molar-refractivity contribution is 6.03. The van der Waals surface area contributed by atoms with E-state index in [1.807, 2.05) is 6.07 Å². The van der Waals surface area contributed by atoms with Crippen LogP contribution in [0.4, 0.5) is 5.69 Å². The summed E-state index contributed by atoms with van der Waals surface area (Å²) in [4.78, 5) is 18.9. The van der Waals surface area contributed by atoms with Gasteiger partial charge in [0.2, 0.25) is 0 Å². The fourth-order valence-electron chi connectivity index (χ4n) is 5.71. The van der Waals surface area contributed by atoms with Gasteiger partial charge >= 0.3 is 5.97 Å². The number of aliphatic hydroxyl groups is 1. The molecule has 0 spiro atoms. The monoisotopic (exact) mass is 327 g/mol. The van der Waals surface area contributed by atoms with Gasteiger partial charge in [0.25, 0.3) is 0 Å². The summed E-state index contributed by atoms with van der Waals surface area (Å²) in [7, 11) is 0. The van der Waals surface area contributed by atoms with Crippen molar-refractivity contribution in [2.45, 2.75) is 43.7 Å². The van der Waals surface area contributed by atoms with Crippen molar-refractivity contribution in [1.29, 1.82) is 0 Å². The first-order valence-corrected chi connectivity index (χ1v) is 8.71. The molecule has 0 aliphatic heterocycles. The lowest BCUT2D eigenvalue weighted by Gasteiger charge is -2.58. The molecule has 6 rings (SSSR count). The average Bonchev–Trinajstić information content (AvgIpc) is 2.97. The molecule has 0 radical (unpaired) electrons. The molecule has 24 heavy (non-hydrogen) atoms. The van der Waals surface area contributed by atoms with E-state index in [2.05, 4.69) is 15.3 Å². The highest BCUT2D eigenvalue weighted by atomic mass is 16.4. The Bertz CT molecular complexity index is 814. The number of carbonyl (C=O) groups is 1. The van der Waals surface area contributed by atoms with Crippen LogP contribution in [0.5, 0.6) is 0 Å². The van der Waals surface area contributed by atoms with Gasteiger partial charge in [-0.3, -0.25) is 0 Å². The molecule has 4 fully saturated rings. The first kappa shape index (κ1) is 14.3. The summed E-state index contributed by atoms with van der Waals surface area (Å²) in [5, 5.41) is 24.7. The first-order valence-electron chi connectivity index (χ1n) is 8.71. The lowest BCUT2D eigenvalue weighted by molar-refractivity contribution is -0.129. The largest absolute Gasteiger partial charge is 0.478 e. The summed E-state index contributed by atoms with van der Waals surface area (Å²) in [5.41, 5.74) is 1.10. The third-order valence-corrected chi connectivity index (χ3v) is 6.37. The fourth-order valence-corrected chi connectivity index (χ4v) is 5.71. The van der Waals surface area contributed by atoms with Crippen LogP contribution >= 0.6 is 0 Å². The van der Waals surface area contributed by atoms with Gasteiger partial charge in [-0.15, -0.1) is 0 Å². The Morgan fingerprint density at radius 1 is 1.29 bits per heavy atom. The van der Waals surface area contributed by atoms with E-state index in [0.29, 0.717) is 29.1 Å². The molecule has 5 atom stereocenters. The zero-order chi connectivity index (χ0) is 16.5. The van der Waals surface area contributed by atoms with Crippen molar-refractivity contribution >= 4 is 22.7 Å². The summed E-state index contributed by atoms with van der Waals surface area (Å²) in [6.45, 7) is 0. The van der Waals surface area contributed by atoms with Crippen LogP contribution in [0.1, 0.15) is 42.5 Å². The second kappa shape index (κ2) is 4.72. The van der Waals surface area contributed by atoms with E-state index in [1.165, 1.54) is 6.20 Å². The van der Waals surface area contributed by atoms with Crippen molar-refractivity contribution in [2.24, 2.45) is 17.8 Å². The maximum atomic E-state index is 11.7. The minimum Gasteiger partial charge on any atom is -0.478 e. The number of hydrogen-bond donors (Lipinski definition) is 4. The molecule has 0 amide bonds. The number of carboxylic acids is 1. The molecule has 2 aromatic rings. The summed E-state index contributed by atoms with van der Waals surface area (Å²) in [5.74, 6) is 0.514. The van der Waals surface area contributed by atoms with E-state index >= 15 is 0 Å². The standard InChI is InChI=1S/C18H21N3O3/c22-17(23)13-8-20-16-12(1-2-19-16)15(13)21-14-10-3-9-4-11(14)7-18(24,5-9)6-10/h1-2,8-11,14,24H,3-7H2,(H,22,23)(H2,19,20,21)/t9?,10-,11+,14+,18-. The fraction of sp³-hybridized carbons (Fsp3) is 0.556. The van der Waals surface area contributed by atoms with Gasteiger partial charge in [0, 0.05) is 23.8 Å². The number of pyridine rings is 1. The quantitative estimate of drug-likeness (QED) is 0.695. The van der Waals surface area contributed by atoms with Crippen LogP contribution in [0.25, 0.3) is 11.0 Å². The number of aromatic nitrogens is 2. The Morgan fingerprint density at radius 2 is 2.04 bits per heavy atom. The number of anilines is 1. The second-order valence-corrected chi connectivity index (χ2v) is 7.96. The SMILES string of the molecule is O=C(O)c1cnc2[nH]ccc2c1N[C@H]1[C@@H]2CC3C[C@H]1C[C@@](O)(C3)C2. The zero-order valence-electron chi connectivity index (χ0n) is 13.3. The molecule has 4 saturated carbocycles. The van der Waals surface area contributed by atoms with Crippen molar-refractivity contribution in [3.8, 4) is 0 Å². The van der Waals surface area contributed by atoms with Gasteiger partial charge in [-0.1, -0.05) is 0 Å². The molecule has 4 N–H and O–H groups in total. The molecule has 2 heterocycles. The predicted octanol–water partition coefficient (Wildman–Crippen LogP) is 2.61. The molecule has 4 aliphatic carbocycles. The van der Waals surface area contributed by atoms with Crippen LogP contribution in [0.15, 0.2) is 18.5 Å². The molecule has 2 aromatic heterocycles. The van der Waals surface area contributed by atoms with Crippen LogP contribution < -0.4 is 5.32 Å². The maximum Gasteiger partial charge on any atom is 0.339 e. The molecule has 0 saturated heterocycles. The Labute approximate surface area is 139 Å². The number of nitrogens with zero attached hydrogens (tertiary/aromatic N) is 1. The van der Waals surface area contributed by atoms with E-state index in [0.717, 1.165) is 37.5 Å². The topological polar surface area (TPSA) is 98.2 Å². The number of carboxylic acid groups (broad SMARTS) is 1. The van der Waals surface area contributed by atoms with E-state index in [-0.39, 0.29) is 11.6 Å². The molecular formula is C18H21N3O3. The second-order valence-electron chi connectivity index (χ2n) is 7.96. The van der Waals surface area contributed by atoms with Gasteiger partial charge in [0.05, 0.1) is 11.3 Å². The van der Waals surface area contributed by atoms with Gasteiger partial charge in [-0.05, 0) is 55.9 Å². The van der Waals surface area contributed by atoms with Crippen molar-refractivity contribution in [3.05, 3.63) is 24.0 Å². The molecule has 4 aliphatic rings. The lowest BCUT2D eigenvalue weighted by Crippen LogP contribution is -2.59. The number of H-pyrrole nitrogens is 1. The van der Waals surface area contributed by atoms with Crippen molar-refractivity contribution in [2.75, 3.05) is 5.32 Å². The van der Waals surface area contributed by atoms with Crippen LogP contribution in [-0.4, -0.2) is 37.8 Å². The van der Waals surface area contributed by atoms with Gasteiger partial charge in [0.15, 0.2) is 0 Å².